The fourth-order valence-corrected chi connectivity index (χ4v) is 3.56. The van der Waals surface area contributed by atoms with Crippen LogP contribution in [0, 0.1) is 5.82 Å². The second-order valence-corrected chi connectivity index (χ2v) is 6.99. The number of ketones is 1. The standard InChI is InChI=1S/C20H23FN4O3/c21-16-5-3-14(4-6-16)17(26)7-8-19(28)24-10-1-2-15(12-24)20-23-9-11-25(20)13-18(22)27/h3-6,9,11,15H,1-2,7-8,10,12-13H2,(H2,22,27). The van der Waals surface area contributed by atoms with Crippen LogP contribution in [-0.2, 0) is 16.1 Å². The molecule has 1 fully saturated rings. The maximum absolute atomic E-state index is 13.0. The van der Waals surface area contributed by atoms with Crippen molar-refractivity contribution >= 4 is 17.6 Å². The molecule has 0 bridgehead atoms. The molecule has 28 heavy (non-hydrogen) atoms. The Balaban J connectivity index is 1.57. The van der Waals surface area contributed by atoms with Crippen molar-refractivity contribution in [2.45, 2.75) is 38.1 Å². The number of likely N-dealkylation sites (tertiary alicyclic amines) is 1. The minimum Gasteiger partial charge on any atom is -0.368 e. The Bertz CT molecular complexity index is 863. The lowest BCUT2D eigenvalue weighted by molar-refractivity contribution is -0.132. The van der Waals surface area contributed by atoms with Crippen LogP contribution in [0.15, 0.2) is 36.7 Å². The second-order valence-electron chi connectivity index (χ2n) is 6.99. The summed E-state index contributed by atoms with van der Waals surface area (Å²) in [6, 6.07) is 5.33. The number of hydrogen-bond donors (Lipinski definition) is 1. The van der Waals surface area contributed by atoms with E-state index in [1.807, 2.05) is 0 Å². The number of imidazole rings is 1. The van der Waals surface area contributed by atoms with Crippen LogP contribution in [0.1, 0.15) is 47.8 Å². The van der Waals surface area contributed by atoms with E-state index in [1.165, 1.54) is 24.3 Å². The number of nitrogens with two attached hydrogens (primary N) is 1. The quantitative estimate of drug-likeness (QED) is 0.735. The molecule has 1 aliphatic heterocycles. The molecule has 8 heteroatoms. The van der Waals surface area contributed by atoms with Crippen molar-refractivity contribution in [2.75, 3.05) is 13.1 Å². The predicted molar refractivity (Wildman–Crippen MR) is 99.9 cm³/mol. The number of carbonyl (C=O) groups is 3. The van der Waals surface area contributed by atoms with E-state index in [9.17, 15) is 18.8 Å². The second kappa shape index (κ2) is 8.77. The Morgan fingerprint density at radius 1 is 1.18 bits per heavy atom. The number of primary amides is 1. The number of amides is 2. The zero-order valence-corrected chi connectivity index (χ0v) is 15.5. The molecular weight excluding hydrogens is 363 g/mol. The van der Waals surface area contributed by atoms with Crippen molar-refractivity contribution < 1.29 is 18.8 Å². The topological polar surface area (TPSA) is 98.3 Å². The molecular formula is C20H23FN4O3. The number of carbonyl (C=O) groups excluding carboxylic acids is 3. The molecule has 1 unspecified atom stereocenters. The van der Waals surface area contributed by atoms with E-state index in [1.54, 1.807) is 21.9 Å². The van der Waals surface area contributed by atoms with Crippen LogP contribution >= 0.6 is 0 Å². The Morgan fingerprint density at radius 2 is 1.93 bits per heavy atom. The Hall–Kier alpha value is -3.03. The van der Waals surface area contributed by atoms with Crippen molar-refractivity contribution in [1.29, 1.82) is 0 Å². The largest absolute Gasteiger partial charge is 0.368 e. The van der Waals surface area contributed by atoms with E-state index in [2.05, 4.69) is 4.98 Å². The van der Waals surface area contributed by atoms with Crippen molar-refractivity contribution in [3.8, 4) is 0 Å². The number of benzene rings is 1. The molecule has 148 valence electrons. The normalized spacial score (nSPS) is 16.8. The van der Waals surface area contributed by atoms with Crippen LogP contribution < -0.4 is 5.73 Å². The number of rotatable bonds is 7. The van der Waals surface area contributed by atoms with Crippen LogP contribution in [0.4, 0.5) is 4.39 Å². The van der Waals surface area contributed by atoms with Gasteiger partial charge in [0.05, 0.1) is 0 Å². The first kappa shape index (κ1) is 19.7. The number of halogens is 1. The average Bonchev–Trinajstić information content (AvgIpc) is 3.14. The molecule has 2 heterocycles. The molecule has 2 amide bonds. The van der Waals surface area contributed by atoms with Gasteiger partial charge < -0.3 is 15.2 Å². The molecule has 1 aliphatic rings. The summed E-state index contributed by atoms with van der Waals surface area (Å²) in [5.41, 5.74) is 5.68. The summed E-state index contributed by atoms with van der Waals surface area (Å²) in [7, 11) is 0. The minimum atomic E-state index is -0.442. The van der Waals surface area contributed by atoms with Crippen LogP contribution in [0.3, 0.4) is 0 Å². The number of aromatic nitrogens is 2. The van der Waals surface area contributed by atoms with Crippen molar-refractivity contribution in [3.63, 3.8) is 0 Å². The molecule has 0 aliphatic carbocycles. The summed E-state index contributed by atoms with van der Waals surface area (Å²) in [5, 5.41) is 0. The summed E-state index contributed by atoms with van der Waals surface area (Å²) >= 11 is 0. The third-order valence-electron chi connectivity index (χ3n) is 4.95. The highest BCUT2D eigenvalue weighted by atomic mass is 19.1. The summed E-state index contributed by atoms with van der Waals surface area (Å²) in [6.07, 6.45) is 5.23. The molecule has 1 aromatic heterocycles. The molecule has 1 saturated heterocycles. The van der Waals surface area contributed by atoms with Gasteiger partial charge in [-0.15, -0.1) is 0 Å². The van der Waals surface area contributed by atoms with Gasteiger partial charge in [0.2, 0.25) is 11.8 Å². The third kappa shape index (κ3) is 4.82. The molecule has 7 nitrogen and oxygen atoms in total. The fourth-order valence-electron chi connectivity index (χ4n) is 3.56. The van der Waals surface area contributed by atoms with Gasteiger partial charge in [0.1, 0.15) is 18.2 Å². The molecule has 1 atom stereocenters. The van der Waals surface area contributed by atoms with Gasteiger partial charge in [-0.3, -0.25) is 14.4 Å². The lowest BCUT2D eigenvalue weighted by atomic mass is 9.96. The number of hydrogen-bond acceptors (Lipinski definition) is 4. The summed E-state index contributed by atoms with van der Waals surface area (Å²) in [6.45, 7) is 1.20. The Kier molecular flexibility index (Phi) is 6.18. The Morgan fingerprint density at radius 3 is 2.64 bits per heavy atom. The van der Waals surface area contributed by atoms with Gasteiger partial charge in [0, 0.05) is 49.8 Å². The predicted octanol–water partition coefficient (Wildman–Crippen LogP) is 1.88. The van der Waals surface area contributed by atoms with E-state index in [4.69, 9.17) is 5.73 Å². The molecule has 1 aromatic carbocycles. The highest BCUT2D eigenvalue weighted by Gasteiger charge is 2.27. The van der Waals surface area contributed by atoms with Crippen LogP contribution in [0.25, 0.3) is 0 Å². The smallest absolute Gasteiger partial charge is 0.237 e. The lowest BCUT2D eigenvalue weighted by Gasteiger charge is -2.32. The molecule has 0 radical (unpaired) electrons. The SMILES string of the molecule is NC(=O)Cn1ccnc1C1CCCN(C(=O)CCC(=O)c2ccc(F)cc2)C1. The van der Waals surface area contributed by atoms with Gasteiger partial charge in [-0.25, -0.2) is 9.37 Å². The van der Waals surface area contributed by atoms with E-state index < -0.39 is 11.7 Å². The van der Waals surface area contributed by atoms with E-state index in [0.29, 0.717) is 18.7 Å². The molecule has 0 saturated carbocycles. The maximum atomic E-state index is 13.0. The minimum absolute atomic E-state index is 0.0276. The molecule has 2 N–H and O–H groups in total. The van der Waals surface area contributed by atoms with E-state index in [0.717, 1.165) is 18.7 Å². The van der Waals surface area contributed by atoms with Gasteiger partial charge in [-0.05, 0) is 37.1 Å². The lowest BCUT2D eigenvalue weighted by Crippen LogP contribution is -2.40. The van der Waals surface area contributed by atoms with Crippen molar-refractivity contribution in [2.24, 2.45) is 5.73 Å². The summed E-state index contributed by atoms with van der Waals surface area (Å²) in [4.78, 5) is 42.1. The number of piperidine rings is 1. The highest BCUT2D eigenvalue weighted by molar-refractivity contribution is 5.97. The zero-order chi connectivity index (χ0) is 20.1. The van der Waals surface area contributed by atoms with Crippen LogP contribution in [-0.4, -0.2) is 45.1 Å². The van der Waals surface area contributed by atoms with Gasteiger partial charge in [0.25, 0.3) is 0 Å². The first-order chi connectivity index (χ1) is 13.4. The molecule has 2 aromatic rings. The maximum Gasteiger partial charge on any atom is 0.237 e. The molecule has 0 spiro atoms. The van der Waals surface area contributed by atoms with E-state index in [-0.39, 0.29) is 37.0 Å². The van der Waals surface area contributed by atoms with Gasteiger partial charge in [-0.1, -0.05) is 0 Å². The number of Topliss-reactive ketones (excluding diaryl/α,β-unsaturated/α-hetero) is 1. The van der Waals surface area contributed by atoms with Crippen LogP contribution in [0.2, 0.25) is 0 Å². The monoisotopic (exact) mass is 386 g/mol. The zero-order valence-electron chi connectivity index (χ0n) is 15.5. The number of nitrogens with zero attached hydrogens (tertiary/aromatic N) is 3. The first-order valence-corrected chi connectivity index (χ1v) is 9.30. The highest BCUT2D eigenvalue weighted by Crippen LogP contribution is 2.26. The van der Waals surface area contributed by atoms with Crippen molar-refractivity contribution in [1.82, 2.24) is 14.5 Å². The van der Waals surface area contributed by atoms with Gasteiger partial charge >= 0.3 is 0 Å². The average molecular weight is 386 g/mol. The fraction of sp³-hybridized carbons (Fsp3) is 0.400. The van der Waals surface area contributed by atoms with Gasteiger partial charge in [0.15, 0.2) is 5.78 Å². The van der Waals surface area contributed by atoms with E-state index >= 15 is 0 Å². The Labute approximate surface area is 162 Å². The summed E-state index contributed by atoms with van der Waals surface area (Å²) in [5.74, 6) is -0.338. The third-order valence-corrected chi connectivity index (χ3v) is 4.95. The van der Waals surface area contributed by atoms with Crippen LogP contribution in [0.5, 0.6) is 0 Å². The van der Waals surface area contributed by atoms with Crippen molar-refractivity contribution in [3.05, 3.63) is 53.9 Å². The molecule has 3 rings (SSSR count). The first-order valence-electron chi connectivity index (χ1n) is 9.30. The van der Waals surface area contributed by atoms with Gasteiger partial charge in [-0.2, -0.15) is 0 Å². The summed E-state index contributed by atoms with van der Waals surface area (Å²) < 4.78 is 14.7.